The molecule has 0 amide bonds. The number of hydrogen-bond donors (Lipinski definition) is 1. The van der Waals surface area contributed by atoms with Gasteiger partial charge in [-0.1, -0.05) is 43.1 Å². The van der Waals surface area contributed by atoms with Gasteiger partial charge in [0.05, 0.1) is 18.0 Å². The van der Waals surface area contributed by atoms with Crippen molar-refractivity contribution in [3.05, 3.63) is 59.3 Å². The first-order chi connectivity index (χ1) is 14.0. The van der Waals surface area contributed by atoms with Crippen LogP contribution in [0.15, 0.2) is 47.0 Å². The molecule has 0 unspecified atom stereocenters. The van der Waals surface area contributed by atoms with Crippen LogP contribution < -0.4 is 4.74 Å². The van der Waals surface area contributed by atoms with E-state index < -0.39 is 5.97 Å². The molecule has 0 aliphatic heterocycles. The minimum Gasteiger partial charge on any atom is -0.489 e. The average molecular weight is 391 g/mol. The number of carbonyl (C=O) groups is 1. The molecule has 3 rings (SSSR count). The highest BCUT2D eigenvalue weighted by atomic mass is 16.5. The van der Waals surface area contributed by atoms with Crippen molar-refractivity contribution >= 4 is 16.9 Å². The van der Waals surface area contributed by atoms with E-state index in [9.17, 15) is 4.79 Å². The molecule has 29 heavy (non-hydrogen) atoms. The lowest BCUT2D eigenvalue weighted by molar-refractivity contribution is -0.137. The van der Waals surface area contributed by atoms with Gasteiger partial charge in [-0.05, 0) is 54.7 Å². The fourth-order valence-electron chi connectivity index (χ4n) is 3.22. The van der Waals surface area contributed by atoms with E-state index in [0.717, 1.165) is 40.0 Å². The summed E-state index contributed by atoms with van der Waals surface area (Å²) in [5.41, 5.74) is 3.67. The van der Waals surface area contributed by atoms with Gasteiger partial charge in [-0.2, -0.15) is 0 Å². The zero-order chi connectivity index (χ0) is 20.8. The number of nitrogens with zero attached hydrogens (tertiary/aromatic N) is 1. The van der Waals surface area contributed by atoms with E-state index in [1.807, 2.05) is 36.4 Å². The molecule has 0 aliphatic carbocycles. The topological polar surface area (TPSA) is 72.6 Å². The van der Waals surface area contributed by atoms with Crippen LogP contribution in [0.4, 0.5) is 0 Å². The van der Waals surface area contributed by atoms with Crippen LogP contribution in [0.3, 0.4) is 0 Å². The van der Waals surface area contributed by atoms with Crippen molar-refractivity contribution in [1.29, 1.82) is 0 Å². The van der Waals surface area contributed by atoms with Crippen LogP contribution >= 0.6 is 0 Å². The Balaban J connectivity index is 1.69. The van der Waals surface area contributed by atoms with Gasteiger partial charge in [0.2, 0.25) is 0 Å². The van der Waals surface area contributed by atoms with E-state index in [0.29, 0.717) is 12.5 Å². The van der Waals surface area contributed by atoms with Crippen molar-refractivity contribution in [1.82, 2.24) is 5.16 Å². The van der Waals surface area contributed by atoms with Crippen molar-refractivity contribution in [2.24, 2.45) is 5.92 Å². The third-order valence-corrected chi connectivity index (χ3v) is 4.60. The molecule has 0 saturated carbocycles. The van der Waals surface area contributed by atoms with Gasteiger partial charge in [-0.3, -0.25) is 4.79 Å². The fraction of sp³-hybridized carbons (Fsp3) is 0.333. The molecule has 1 N–H and O–H groups in total. The molecule has 3 aromatic rings. The second-order valence-electron chi connectivity index (χ2n) is 7.46. The monoisotopic (exact) mass is 391 g/mol. The predicted molar refractivity (Wildman–Crippen MR) is 112 cm³/mol. The maximum Gasteiger partial charge on any atom is 0.304 e. The van der Waals surface area contributed by atoms with Gasteiger partial charge in [-0.15, -0.1) is 5.92 Å². The lowest BCUT2D eigenvalue weighted by atomic mass is 9.96. The number of ether oxygens (including phenoxy) is 1. The first-order valence-electron chi connectivity index (χ1n) is 9.70. The highest BCUT2D eigenvalue weighted by molar-refractivity contribution is 5.80. The second-order valence-corrected chi connectivity index (χ2v) is 7.46. The highest BCUT2D eigenvalue weighted by Crippen LogP contribution is 2.25. The number of aromatic nitrogens is 1. The summed E-state index contributed by atoms with van der Waals surface area (Å²) in [6, 6.07) is 13.4. The maximum absolute atomic E-state index is 11.0. The molecule has 150 valence electrons. The molecule has 5 heteroatoms. The van der Waals surface area contributed by atoms with Crippen LogP contribution in [0.5, 0.6) is 5.75 Å². The average Bonchev–Trinajstić information content (AvgIpc) is 3.08. The largest absolute Gasteiger partial charge is 0.489 e. The van der Waals surface area contributed by atoms with E-state index in [2.05, 4.69) is 36.9 Å². The van der Waals surface area contributed by atoms with Crippen LogP contribution in [0.1, 0.15) is 49.9 Å². The van der Waals surface area contributed by atoms with Gasteiger partial charge in [0.15, 0.2) is 5.58 Å². The normalized spacial score (nSPS) is 11.9. The minimum absolute atomic E-state index is 0.0154. The molecule has 1 aromatic heterocycles. The Morgan fingerprint density at radius 2 is 1.97 bits per heavy atom. The summed E-state index contributed by atoms with van der Waals surface area (Å²) < 4.78 is 11.3. The SMILES string of the molecule is CC#C[C@@H](CC(=O)O)c1ccc(OCc2ccc3onc(CC(C)C)c3c2)cc1. The molecule has 0 bridgehead atoms. The Hall–Kier alpha value is -3.26. The third kappa shape index (κ3) is 5.39. The van der Waals surface area contributed by atoms with Crippen molar-refractivity contribution in [2.45, 2.75) is 46.1 Å². The number of fused-ring (bicyclic) bond motifs is 1. The quantitative estimate of drug-likeness (QED) is 0.535. The lowest BCUT2D eigenvalue weighted by Crippen LogP contribution is -2.04. The van der Waals surface area contributed by atoms with Crippen LogP contribution in [0.2, 0.25) is 0 Å². The van der Waals surface area contributed by atoms with Gasteiger partial charge < -0.3 is 14.4 Å². The predicted octanol–water partition coefficient (Wildman–Crippen LogP) is 5.19. The number of carboxylic acid groups (broad SMARTS) is 1. The van der Waals surface area contributed by atoms with Gasteiger partial charge in [0.25, 0.3) is 0 Å². The molecule has 0 fully saturated rings. The van der Waals surface area contributed by atoms with Crippen molar-refractivity contribution in [3.8, 4) is 17.6 Å². The van der Waals surface area contributed by atoms with Gasteiger partial charge in [-0.25, -0.2) is 0 Å². The van der Waals surface area contributed by atoms with Crippen molar-refractivity contribution in [2.75, 3.05) is 0 Å². The molecule has 0 aliphatic rings. The van der Waals surface area contributed by atoms with Gasteiger partial charge in [0, 0.05) is 5.39 Å². The molecule has 2 aromatic carbocycles. The molecule has 1 atom stereocenters. The van der Waals surface area contributed by atoms with E-state index >= 15 is 0 Å². The molecular formula is C24H25NO4. The molecule has 5 nitrogen and oxygen atoms in total. The Morgan fingerprint density at radius 1 is 1.21 bits per heavy atom. The number of rotatable bonds is 8. The summed E-state index contributed by atoms with van der Waals surface area (Å²) in [5.74, 6) is 5.80. The summed E-state index contributed by atoms with van der Waals surface area (Å²) in [5, 5.41) is 14.3. The summed E-state index contributed by atoms with van der Waals surface area (Å²) >= 11 is 0. The molecule has 0 radical (unpaired) electrons. The maximum atomic E-state index is 11.0. The first kappa shape index (κ1) is 20.5. The zero-order valence-electron chi connectivity index (χ0n) is 16.9. The zero-order valence-corrected chi connectivity index (χ0v) is 16.9. The summed E-state index contributed by atoms with van der Waals surface area (Å²) in [4.78, 5) is 11.0. The number of aliphatic carboxylic acids is 1. The van der Waals surface area contributed by atoms with E-state index in [1.165, 1.54) is 0 Å². The van der Waals surface area contributed by atoms with Crippen LogP contribution in [0.25, 0.3) is 11.0 Å². The van der Waals surface area contributed by atoms with Gasteiger partial charge >= 0.3 is 5.97 Å². The Morgan fingerprint density at radius 3 is 2.62 bits per heavy atom. The van der Waals surface area contributed by atoms with Gasteiger partial charge in [0.1, 0.15) is 12.4 Å². The highest BCUT2D eigenvalue weighted by Gasteiger charge is 2.13. The Kier molecular flexibility index (Phi) is 6.56. The number of carboxylic acids is 1. The minimum atomic E-state index is -0.862. The summed E-state index contributed by atoms with van der Waals surface area (Å²) in [6.45, 7) is 6.45. The molecule has 0 saturated heterocycles. The van der Waals surface area contributed by atoms with Crippen LogP contribution in [0, 0.1) is 17.8 Å². The van der Waals surface area contributed by atoms with Crippen LogP contribution in [-0.4, -0.2) is 16.2 Å². The van der Waals surface area contributed by atoms with Crippen LogP contribution in [-0.2, 0) is 17.8 Å². The smallest absolute Gasteiger partial charge is 0.304 e. The summed E-state index contributed by atoms with van der Waals surface area (Å²) in [7, 11) is 0. The standard InChI is InChI=1S/C24H25NO4/c1-4-5-19(14-24(26)27)18-7-9-20(10-8-18)28-15-17-6-11-23-21(13-17)22(25-29-23)12-16(2)3/h6-11,13,16,19H,12,14-15H2,1-3H3,(H,26,27)/t19-/m0/s1. The number of hydrogen-bond acceptors (Lipinski definition) is 4. The molecular weight excluding hydrogens is 366 g/mol. The Labute approximate surface area is 170 Å². The fourth-order valence-corrected chi connectivity index (χ4v) is 3.22. The van der Waals surface area contributed by atoms with Crippen molar-refractivity contribution in [3.63, 3.8) is 0 Å². The Bertz CT molecular complexity index is 1040. The third-order valence-electron chi connectivity index (χ3n) is 4.60. The summed E-state index contributed by atoms with van der Waals surface area (Å²) in [6.07, 6.45) is 0.857. The lowest BCUT2D eigenvalue weighted by Gasteiger charge is -2.11. The van der Waals surface area contributed by atoms with E-state index in [4.69, 9.17) is 14.4 Å². The van der Waals surface area contributed by atoms with E-state index in [1.54, 1.807) is 6.92 Å². The second kappa shape index (κ2) is 9.29. The van der Waals surface area contributed by atoms with Crippen molar-refractivity contribution < 1.29 is 19.2 Å². The van der Waals surface area contributed by atoms with E-state index in [-0.39, 0.29) is 12.3 Å². The molecule has 0 spiro atoms. The molecule has 1 heterocycles. The number of benzene rings is 2. The first-order valence-corrected chi connectivity index (χ1v) is 9.70.